The third-order valence-electron chi connectivity index (χ3n) is 4.00. The predicted octanol–water partition coefficient (Wildman–Crippen LogP) is 3.39. The van der Waals surface area contributed by atoms with Gasteiger partial charge in [0.15, 0.2) is 6.61 Å². The summed E-state index contributed by atoms with van der Waals surface area (Å²) >= 11 is 11.9. The Bertz CT molecular complexity index is 795. The number of anilines is 1. The van der Waals surface area contributed by atoms with Gasteiger partial charge < -0.3 is 15.0 Å². The van der Waals surface area contributed by atoms with Gasteiger partial charge in [0.1, 0.15) is 5.75 Å². The van der Waals surface area contributed by atoms with E-state index in [1.54, 1.807) is 18.2 Å². The van der Waals surface area contributed by atoms with Crippen molar-refractivity contribution in [2.24, 2.45) is 0 Å². The van der Waals surface area contributed by atoms with E-state index in [1.807, 2.05) is 13.0 Å². The quantitative estimate of drug-likeness (QED) is 0.812. The topological polar surface area (TPSA) is 67.3 Å². The number of aryl methyl sites for hydroxylation is 1. The maximum Gasteiger partial charge on any atom is 0.258 e. The van der Waals surface area contributed by atoms with E-state index >= 15 is 0 Å². The lowest BCUT2D eigenvalue weighted by Gasteiger charge is -2.16. The van der Waals surface area contributed by atoms with E-state index in [9.17, 15) is 4.79 Å². The van der Waals surface area contributed by atoms with Gasteiger partial charge in [0, 0.05) is 23.8 Å². The summed E-state index contributed by atoms with van der Waals surface area (Å²) in [4.78, 5) is 23.2. The molecule has 1 saturated heterocycles. The number of hydrogen-bond donors (Lipinski definition) is 1. The predicted molar refractivity (Wildman–Crippen MR) is 102 cm³/mol. The fourth-order valence-electron chi connectivity index (χ4n) is 2.74. The minimum atomic E-state index is -0.255. The molecule has 1 aromatic carbocycles. The van der Waals surface area contributed by atoms with Crippen LogP contribution >= 0.6 is 23.2 Å². The number of amides is 1. The lowest BCUT2D eigenvalue weighted by Crippen LogP contribution is -2.29. The second-order valence-corrected chi connectivity index (χ2v) is 6.98. The minimum Gasteiger partial charge on any atom is -0.482 e. The molecule has 0 aliphatic carbocycles. The number of benzene rings is 1. The zero-order valence-electron chi connectivity index (χ0n) is 14.5. The van der Waals surface area contributed by atoms with Gasteiger partial charge >= 0.3 is 0 Å². The molecule has 0 spiro atoms. The first-order valence-electron chi connectivity index (χ1n) is 8.45. The summed E-state index contributed by atoms with van der Waals surface area (Å²) in [5.74, 6) is 0.895. The van der Waals surface area contributed by atoms with Gasteiger partial charge in [-0.25, -0.2) is 9.97 Å². The Morgan fingerprint density at radius 1 is 1.23 bits per heavy atom. The number of aromatic nitrogens is 2. The van der Waals surface area contributed by atoms with Crippen molar-refractivity contribution in [3.8, 4) is 5.75 Å². The molecule has 0 radical (unpaired) electrons. The van der Waals surface area contributed by atoms with Gasteiger partial charge in [0.2, 0.25) is 5.95 Å². The van der Waals surface area contributed by atoms with E-state index in [0.29, 0.717) is 22.3 Å². The van der Waals surface area contributed by atoms with Crippen molar-refractivity contribution in [2.45, 2.75) is 26.3 Å². The molecule has 0 bridgehead atoms. The smallest absolute Gasteiger partial charge is 0.258 e. The fourth-order valence-corrected chi connectivity index (χ4v) is 3.20. The van der Waals surface area contributed by atoms with E-state index in [1.165, 1.54) is 0 Å². The van der Waals surface area contributed by atoms with Gasteiger partial charge in [-0.1, -0.05) is 23.2 Å². The third kappa shape index (κ3) is 4.99. The van der Waals surface area contributed by atoms with Crippen LogP contribution in [0.5, 0.6) is 5.75 Å². The standard InChI is InChI=1S/C18H20Cl2N4O2/c1-12-8-14(23-18(22-12)24-6-2-3-7-24)10-21-17(25)11-26-16-5-4-13(19)9-15(16)20/h4-5,8-9H,2-3,6-7,10-11H2,1H3,(H,21,25). The Kier molecular flexibility index (Phi) is 6.16. The average Bonchev–Trinajstić information content (AvgIpc) is 3.13. The first-order valence-corrected chi connectivity index (χ1v) is 9.21. The Morgan fingerprint density at radius 3 is 2.73 bits per heavy atom. The molecule has 8 heteroatoms. The van der Waals surface area contributed by atoms with E-state index in [-0.39, 0.29) is 12.5 Å². The molecule has 0 unspecified atom stereocenters. The summed E-state index contributed by atoms with van der Waals surface area (Å²) in [5, 5.41) is 3.68. The molecule has 2 heterocycles. The molecule has 0 saturated carbocycles. The summed E-state index contributed by atoms with van der Waals surface area (Å²) in [6, 6.07) is 6.73. The van der Waals surface area contributed by atoms with Gasteiger partial charge in [-0.15, -0.1) is 0 Å². The summed E-state index contributed by atoms with van der Waals surface area (Å²) in [5.41, 5.74) is 1.66. The number of hydrogen-bond acceptors (Lipinski definition) is 5. The lowest BCUT2D eigenvalue weighted by atomic mass is 10.3. The van der Waals surface area contributed by atoms with Gasteiger partial charge in [-0.3, -0.25) is 4.79 Å². The van der Waals surface area contributed by atoms with Crippen molar-refractivity contribution >= 4 is 35.1 Å². The SMILES string of the molecule is Cc1cc(CNC(=O)COc2ccc(Cl)cc2Cl)nc(N2CCCC2)n1. The maximum absolute atomic E-state index is 12.0. The van der Waals surface area contributed by atoms with Gasteiger partial charge in [0.05, 0.1) is 17.3 Å². The number of rotatable bonds is 6. The van der Waals surface area contributed by atoms with Crippen LogP contribution in [0.3, 0.4) is 0 Å². The molecular weight excluding hydrogens is 375 g/mol. The van der Waals surface area contributed by atoms with Crippen LogP contribution in [0.2, 0.25) is 10.0 Å². The van der Waals surface area contributed by atoms with Crippen LogP contribution < -0.4 is 15.0 Å². The fraction of sp³-hybridized carbons (Fsp3) is 0.389. The van der Waals surface area contributed by atoms with Crippen molar-refractivity contribution < 1.29 is 9.53 Å². The Hall–Kier alpha value is -2.05. The van der Waals surface area contributed by atoms with E-state index in [2.05, 4.69) is 20.2 Å². The van der Waals surface area contributed by atoms with Gasteiger partial charge in [-0.2, -0.15) is 0 Å². The second kappa shape index (κ2) is 8.56. The van der Waals surface area contributed by atoms with Crippen molar-refractivity contribution in [1.82, 2.24) is 15.3 Å². The number of nitrogens with zero attached hydrogens (tertiary/aromatic N) is 3. The zero-order valence-corrected chi connectivity index (χ0v) is 16.0. The molecule has 1 N–H and O–H groups in total. The normalized spacial score (nSPS) is 13.7. The van der Waals surface area contributed by atoms with Crippen LogP contribution in [0.1, 0.15) is 24.2 Å². The van der Waals surface area contributed by atoms with E-state index in [4.69, 9.17) is 27.9 Å². The van der Waals surface area contributed by atoms with Crippen LogP contribution in [0.15, 0.2) is 24.3 Å². The van der Waals surface area contributed by atoms with Crippen LogP contribution in [-0.2, 0) is 11.3 Å². The molecular formula is C18H20Cl2N4O2. The van der Waals surface area contributed by atoms with Crippen molar-refractivity contribution in [3.05, 3.63) is 45.7 Å². The van der Waals surface area contributed by atoms with Crippen molar-refractivity contribution in [1.29, 1.82) is 0 Å². The summed E-state index contributed by atoms with van der Waals surface area (Å²) in [7, 11) is 0. The monoisotopic (exact) mass is 394 g/mol. The Morgan fingerprint density at radius 2 is 2.00 bits per heavy atom. The first kappa shape index (κ1) is 18.7. The molecule has 0 atom stereocenters. The molecule has 1 aliphatic rings. The Labute approximate surface area is 162 Å². The van der Waals surface area contributed by atoms with Crippen LogP contribution in [0, 0.1) is 6.92 Å². The van der Waals surface area contributed by atoms with Gasteiger partial charge in [0.25, 0.3) is 5.91 Å². The Balaban J connectivity index is 1.54. The minimum absolute atomic E-state index is 0.135. The summed E-state index contributed by atoms with van der Waals surface area (Å²) in [6.45, 7) is 4.07. The first-order chi connectivity index (χ1) is 12.5. The molecule has 26 heavy (non-hydrogen) atoms. The molecule has 1 amide bonds. The number of ether oxygens (including phenoxy) is 1. The summed E-state index contributed by atoms with van der Waals surface area (Å²) < 4.78 is 5.43. The van der Waals surface area contributed by atoms with Crippen molar-refractivity contribution in [2.75, 3.05) is 24.6 Å². The van der Waals surface area contributed by atoms with E-state index < -0.39 is 0 Å². The number of carbonyl (C=O) groups excluding carboxylic acids is 1. The molecule has 138 valence electrons. The average molecular weight is 395 g/mol. The lowest BCUT2D eigenvalue weighted by molar-refractivity contribution is -0.123. The third-order valence-corrected chi connectivity index (χ3v) is 4.53. The molecule has 2 aromatic rings. The number of carbonyl (C=O) groups is 1. The molecule has 6 nitrogen and oxygen atoms in total. The highest BCUT2D eigenvalue weighted by molar-refractivity contribution is 6.35. The number of halogens is 2. The summed E-state index contributed by atoms with van der Waals surface area (Å²) in [6.07, 6.45) is 2.32. The van der Waals surface area contributed by atoms with Crippen LogP contribution in [0.25, 0.3) is 0 Å². The zero-order chi connectivity index (χ0) is 18.5. The van der Waals surface area contributed by atoms with Crippen LogP contribution in [0.4, 0.5) is 5.95 Å². The number of nitrogens with one attached hydrogen (secondary N) is 1. The molecule has 1 aromatic heterocycles. The molecule has 1 aliphatic heterocycles. The largest absolute Gasteiger partial charge is 0.482 e. The molecule has 3 rings (SSSR count). The van der Waals surface area contributed by atoms with Crippen molar-refractivity contribution in [3.63, 3.8) is 0 Å². The van der Waals surface area contributed by atoms with Gasteiger partial charge in [-0.05, 0) is 44.0 Å². The van der Waals surface area contributed by atoms with E-state index in [0.717, 1.165) is 43.3 Å². The highest BCUT2D eigenvalue weighted by Gasteiger charge is 2.16. The highest BCUT2D eigenvalue weighted by atomic mass is 35.5. The highest BCUT2D eigenvalue weighted by Crippen LogP contribution is 2.27. The maximum atomic E-state index is 12.0. The molecule has 1 fully saturated rings. The van der Waals surface area contributed by atoms with Crippen LogP contribution in [-0.4, -0.2) is 35.6 Å². The second-order valence-electron chi connectivity index (χ2n) is 6.13.